The molecule has 6 nitrogen and oxygen atoms in total. The van der Waals surface area contributed by atoms with Gasteiger partial charge in [0, 0.05) is 22.7 Å². The molecule has 144 valence electrons. The largest absolute Gasteiger partial charge is 0.508 e. The van der Waals surface area contributed by atoms with Crippen LogP contribution in [0.25, 0.3) is 11.0 Å². The molecule has 0 aliphatic rings. The van der Waals surface area contributed by atoms with Gasteiger partial charge < -0.3 is 14.8 Å². The van der Waals surface area contributed by atoms with Crippen molar-refractivity contribution in [3.8, 4) is 5.75 Å². The van der Waals surface area contributed by atoms with Crippen LogP contribution in [0.1, 0.15) is 10.4 Å². The van der Waals surface area contributed by atoms with Crippen molar-refractivity contribution in [1.82, 2.24) is 4.98 Å². The average Bonchev–Trinajstić information content (AvgIpc) is 2.70. The number of rotatable bonds is 3. The number of nitrogens with one attached hydrogen (secondary N) is 1. The molecule has 0 radical (unpaired) electrons. The van der Waals surface area contributed by atoms with Gasteiger partial charge in [-0.05, 0) is 48.5 Å². The van der Waals surface area contributed by atoms with Crippen LogP contribution in [-0.4, -0.2) is 16.0 Å². The summed E-state index contributed by atoms with van der Waals surface area (Å²) in [6.07, 6.45) is 1.54. The average molecular weight is 410 g/mol. The first-order valence-corrected chi connectivity index (χ1v) is 8.86. The maximum atomic E-state index is 14.2. The summed E-state index contributed by atoms with van der Waals surface area (Å²) in [4.78, 5) is 21.1. The Morgan fingerprint density at radius 2 is 2.00 bits per heavy atom. The summed E-state index contributed by atoms with van der Waals surface area (Å²) in [5.41, 5.74) is 0.179. The first-order valence-electron chi connectivity index (χ1n) is 8.49. The predicted octanol–water partition coefficient (Wildman–Crippen LogP) is 4.81. The fourth-order valence-electron chi connectivity index (χ4n) is 2.65. The number of hydrogen-bond donors (Lipinski definition) is 2. The van der Waals surface area contributed by atoms with Crippen LogP contribution < -0.4 is 10.9 Å². The van der Waals surface area contributed by atoms with Crippen LogP contribution >= 0.6 is 11.6 Å². The molecule has 0 aliphatic carbocycles. The molecule has 2 heterocycles. The van der Waals surface area contributed by atoms with E-state index in [-0.39, 0.29) is 33.2 Å². The van der Waals surface area contributed by atoms with Crippen LogP contribution in [0.2, 0.25) is 5.02 Å². The van der Waals surface area contributed by atoms with E-state index < -0.39 is 11.7 Å². The number of phenolic OH excluding ortho intramolecular Hbond substituents is 1. The summed E-state index contributed by atoms with van der Waals surface area (Å²) in [6, 6.07) is 15.0. The summed E-state index contributed by atoms with van der Waals surface area (Å²) in [5, 5.41) is 13.1. The van der Waals surface area contributed by atoms with Gasteiger partial charge in [-0.15, -0.1) is 0 Å². The zero-order valence-electron chi connectivity index (χ0n) is 14.8. The monoisotopic (exact) mass is 409 g/mol. The minimum absolute atomic E-state index is 0.0180. The number of anilines is 1. The van der Waals surface area contributed by atoms with Gasteiger partial charge in [-0.1, -0.05) is 17.7 Å². The number of phenols is 1. The second kappa shape index (κ2) is 7.73. The minimum atomic E-state index is -0.667. The Kier molecular flexibility index (Phi) is 4.97. The number of fused-ring (bicyclic) bond motifs is 1. The molecule has 0 bridgehead atoms. The van der Waals surface area contributed by atoms with Gasteiger partial charge in [0.05, 0.1) is 0 Å². The van der Waals surface area contributed by atoms with E-state index in [9.17, 15) is 14.3 Å². The molecule has 1 amide bonds. The fourth-order valence-corrected chi connectivity index (χ4v) is 2.81. The van der Waals surface area contributed by atoms with E-state index in [1.165, 1.54) is 30.5 Å². The first-order chi connectivity index (χ1) is 14.0. The Bertz CT molecular complexity index is 1290. The fraction of sp³-hybridized carbons (Fsp3) is 0. The molecule has 0 saturated heterocycles. The van der Waals surface area contributed by atoms with Crippen molar-refractivity contribution in [2.75, 3.05) is 5.32 Å². The SMILES string of the molecule is O=C(Nc1ccccn1)c1cc2ccc(O)cc2oc1=Nc1ccc(Cl)cc1F. The van der Waals surface area contributed by atoms with E-state index in [0.717, 1.165) is 6.07 Å². The lowest BCUT2D eigenvalue weighted by molar-refractivity contribution is 0.102. The maximum Gasteiger partial charge on any atom is 0.262 e. The maximum absolute atomic E-state index is 14.2. The van der Waals surface area contributed by atoms with Crippen molar-refractivity contribution in [2.24, 2.45) is 4.99 Å². The number of carbonyl (C=O) groups is 1. The van der Waals surface area contributed by atoms with Crippen molar-refractivity contribution >= 4 is 40.0 Å². The summed E-state index contributed by atoms with van der Waals surface area (Å²) >= 11 is 5.78. The third kappa shape index (κ3) is 4.09. The van der Waals surface area contributed by atoms with E-state index in [0.29, 0.717) is 11.2 Å². The van der Waals surface area contributed by atoms with Crippen molar-refractivity contribution in [3.63, 3.8) is 0 Å². The zero-order valence-corrected chi connectivity index (χ0v) is 15.5. The number of benzene rings is 2. The van der Waals surface area contributed by atoms with E-state index >= 15 is 0 Å². The zero-order chi connectivity index (χ0) is 20.4. The molecule has 4 rings (SSSR count). The van der Waals surface area contributed by atoms with Gasteiger partial charge in [-0.25, -0.2) is 14.4 Å². The highest BCUT2D eigenvalue weighted by atomic mass is 35.5. The number of nitrogens with zero attached hydrogens (tertiary/aromatic N) is 2. The van der Waals surface area contributed by atoms with Crippen LogP contribution in [0.5, 0.6) is 5.75 Å². The van der Waals surface area contributed by atoms with Gasteiger partial charge in [0.15, 0.2) is 0 Å². The van der Waals surface area contributed by atoms with Crippen molar-refractivity contribution < 1.29 is 18.7 Å². The Labute approximate surface area is 168 Å². The van der Waals surface area contributed by atoms with Crippen LogP contribution in [0, 0.1) is 5.82 Å². The van der Waals surface area contributed by atoms with Gasteiger partial charge >= 0.3 is 0 Å². The van der Waals surface area contributed by atoms with E-state index in [2.05, 4.69) is 15.3 Å². The van der Waals surface area contributed by atoms with Crippen LogP contribution in [-0.2, 0) is 0 Å². The molecule has 2 N–H and O–H groups in total. The smallest absolute Gasteiger partial charge is 0.262 e. The molecule has 0 atom stereocenters. The van der Waals surface area contributed by atoms with Crippen molar-refractivity contribution in [1.29, 1.82) is 0 Å². The summed E-state index contributed by atoms with van der Waals surface area (Å²) < 4.78 is 19.9. The predicted molar refractivity (Wildman–Crippen MR) is 107 cm³/mol. The number of pyridine rings is 1. The molecule has 0 fully saturated rings. The van der Waals surface area contributed by atoms with Gasteiger partial charge in [-0.2, -0.15) is 0 Å². The normalized spacial score (nSPS) is 11.6. The highest BCUT2D eigenvalue weighted by molar-refractivity contribution is 6.30. The lowest BCUT2D eigenvalue weighted by Gasteiger charge is -2.07. The van der Waals surface area contributed by atoms with Gasteiger partial charge in [0.1, 0.15) is 34.2 Å². The van der Waals surface area contributed by atoms with Crippen LogP contribution in [0.3, 0.4) is 0 Å². The summed E-state index contributed by atoms with van der Waals surface area (Å²) in [7, 11) is 0. The summed E-state index contributed by atoms with van der Waals surface area (Å²) in [5.74, 6) is -0.877. The number of aromatic hydroxyl groups is 1. The Morgan fingerprint density at radius 1 is 1.14 bits per heavy atom. The van der Waals surface area contributed by atoms with Crippen molar-refractivity contribution in [2.45, 2.75) is 0 Å². The summed E-state index contributed by atoms with van der Waals surface area (Å²) in [6.45, 7) is 0. The number of carbonyl (C=O) groups excluding carboxylic acids is 1. The van der Waals surface area contributed by atoms with Crippen LogP contribution in [0.15, 0.2) is 76.3 Å². The highest BCUT2D eigenvalue weighted by Gasteiger charge is 2.15. The number of hydrogen-bond acceptors (Lipinski definition) is 5. The third-order valence-electron chi connectivity index (χ3n) is 4.02. The first kappa shape index (κ1) is 18.6. The quantitative estimate of drug-likeness (QED) is 0.508. The molecule has 0 aliphatic heterocycles. The van der Waals surface area contributed by atoms with E-state index in [1.54, 1.807) is 30.3 Å². The lowest BCUT2D eigenvalue weighted by atomic mass is 10.1. The second-order valence-electron chi connectivity index (χ2n) is 6.06. The second-order valence-corrected chi connectivity index (χ2v) is 6.50. The lowest BCUT2D eigenvalue weighted by Crippen LogP contribution is -2.22. The topological polar surface area (TPSA) is 87.7 Å². The highest BCUT2D eigenvalue weighted by Crippen LogP contribution is 2.23. The molecule has 2 aromatic carbocycles. The van der Waals surface area contributed by atoms with Gasteiger partial charge in [-0.3, -0.25) is 4.79 Å². The molecule has 8 heteroatoms. The molecule has 0 spiro atoms. The third-order valence-corrected chi connectivity index (χ3v) is 4.25. The molecule has 0 unspecified atom stereocenters. The standard InChI is InChI=1S/C21H13ClFN3O3/c22-13-5-7-17(16(23)10-13)25-21-15(20(28)26-19-3-1-2-8-24-19)9-12-4-6-14(27)11-18(12)29-21/h1-11,27H,(H,24,26,28). The van der Waals surface area contributed by atoms with Crippen molar-refractivity contribution in [3.05, 3.63) is 88.8 Å². The molecular formula is C21H13ClFN3O3. The Balaban J connectivity index is 1.89. The number of halogens is 2. The number of aromatic nitrogens is 1. The molecule has 0 saturated carbocycles. The minimum Gasteiger partial charge on any atom is -0.508 e. The Hall–Kier alpha value is -3.71. The molecular weight excluding hydrogens is 397 g/mol. The molecule has 29 heavy (non-hydrogen) atoms. The molecule has 2 aromatic heterocycles. The van der Waals surface area contributed by atoms with Crippen LogP contribution in [0.4, 0.5) is 15.9 Å². The van der Waals surface area contributed by atoms with Gasteiger partial charge in [0.2, 0.25) is 5.55 Å². The molecule has 4 aromatic rings. The van der Waals surface area contributed by atoms with E-state index in [4.69, 9.17) is 16.0 Å². The van der Waals surface area contributed by atoms with E-state index in [1.807, 2.05) is 0 Å². The number of amides is 1. The van der Waals surface area contributed by atoms with Gasteiger partial charge in [0.25, 0.3) is 5.91 Å². The Morgan fingerprint density at radius 3 is 2.76 bits per heavy atom.